The highest BCUT2D eigenvalue weighted by atomic mass is 33.5. The van der Waals surface area contributed by atoms with E-state index in [0.29, 0.717) is 11.5 Å². The van der Waals surface area contributed by atoms with Gasteiger partial charge in [-0.25, -0.2) is 0 Å². The van der Waals surface area contributed by atoms with Crippen LogP contribution in [0.2, 0.25) is 0 Å². The first-order valence-electron chi connectivity index (χ1n) is 5.77. The van der Waals surface area contributed by atoms with Crippen LogP contribution in [0.5, 0.6) is 0 Å². The summed E-state index contributed by atoms with van der Waals surface area (Å²) < 4.78 is 23.8. The molecule has 2 nitrogen and oxygen atoms in total. The lowest BCUT2D eigenvalue weighted by atomic mass is 10.2. The van der Waals surface area contributed by atoms with Crippen molar-refractivity contribution in [2.24, 2.45) is 0 Å². The Hall–Kier alpha value is -0.590. The molecule has 2 aromatic rings. The average molecular weight is 310 g/mol. The molecule has 0 aliphatic heterocycles. The van der Waals surface area contributed by atoms with Crippen LogP contribution in [0, 0.1) is 0 Å². The van der Waals surface area contributed by atoms with E-state index in [1.807, 2.05) is 60.7 Å². The second-order valence-electron chi connectivity index (χ2n) is 3.94. The maximum absolute atomic E-state index is 11.9. The molecule has 2 unspecified atom stereocenters. The van der Waals surface area contributed by atoms with Gasteiger partial charge in [0.25, 0.3) is 0 Å². The fourth-order valence-corrected chi connectivity index (χ4v) is 6.75. The van der Waals surface area contributed by atoms with Crippen LogP contribution < -0.4 is 0 Å². The SMILES string of the molecule is [O-][S+](Cc1ccccc1)S[S+]([O-])Cc1ccccc1. The van der Waals surface area contributed by atoms with E-state index in [4.69, 9.17) is 0 Å². The average Bonchev–Trinajstić information content (AvgIpc) is 2.40. The van der Waals surface area contributed by atoms with Gasteiger partial charge in [-0.1, -0.05) is 60.7 Å². The zero-order chi connectivity index (χ0) is 13.5. The Balaban J connectivity index is 1.80. The summed E-state index contributed by atoms with van der Waals surface area (Å²) in [5.74, 6) is 0.873. The molecule has 0 amide bonds. The van der Waals surface area contributed by atoms with Crippen molar-refractivity contribution in [1.29, 1.82) is 0 Å². The lowest BCUT2D eigenvalue weighted by Crippen LogP contribution is -2.07. The van der Waals surface area contributed by atoms with Gasteiger partial charge in [0.15, 0.2) is 0 Å². The van der Waals surface area contributed by atoms with Gasteiger partial charge < -0.3 is 9.11 Å². The molecular formula is C14H14O2S3. The molecule has 0 saturated carbocycles. The molecule has 0 bridgehead atoms. The summed E-state index contributed by atoms with van der Waals surface area (Å²) >= 11 is 0. The summed E-state index contributed by atoms with van der Waals surface area (Å²) in [6, 6.07) is 19.2. The fraction of sp³-hybridized carbons (Fsp3) is 0.143. The molecule has 0 aliphatic carbocycles. The molecule has 2 atom stereocenters. The highest BCUT2D eigenvalue weighted by molar-refractivity contribution is 9.03. The Bertz CT molecular complexity index is 433. The third-order valence-electron chi connectivity index (χ3n) is 2.41. The largest absolute Gasteiger partial charge is 0.601 e. The fourth-order valence-electron chi connectivity index (χ4n) is 1.55. The van der Waals surface area contributed by atoms with Crippen LogP contribution in [0.4, 0.5) is 0 Å². The Kier molecular flexibility index (Phi) is 6.13. The Morgan fingerprint density at radius 2 is 1.05 bits per heavy atom. The van der Waals surface area contributed by atoms with E-state index in [2.05, 4.69) is 0 Å². The van der Waals surface area contributed by atoms with Crippen molar-refractivity contribution in [2.45, 2.75) is 11.5 Å². The Morgan fingerprint density at radius 1 is 0.684 bits per heavy atom. The summed E-state index contributed by atoms with van der Waals surface area (Å²) in [6.45, 7) is 0. The molecule has 0 aromatic heterocycles. The molecule has 0 radical (unpaired) electrons. The smallest absolute Gasteiger partial charge is 0.341 e. The van der Waals surface area contributed by atoms with Crippen molar-refractivity contribution < 1.29 is 9.11 Å². The van der Waals surface area contributed by atoms with Crippen molar-refractivity contribution >= 4 is 30.2 Å². The van der Waals surface area contributed by atoms with Crippen molar-refractivity contribution in [3.8, 4) is 0 Å². The molecular weight excluding hydrogens is 296 g/mol. The normalized spacial score (nSPS) is 14.0. The summed E-state index contributed by atoms with van der Waals surface area (Å²) in [6.07, 6.45) is 0. The molecule has 5 heteroatoms. The number of hydrogen-bond donors (Lipinski definition) is 0. The number of benzene rings is 2. The van der Waals surface area contributed by atoms with Gasteiger partial charge in [0, 0.05) is 11.1 Å². The van der Waals surface area contributed by atoms with Crippen LogP contribution in [0.1, 0.15) is 11.1 Å². The van der Waals surface area contributed by atoms with Crippen molar-refractivity contribution in [2.75, 3.05) is 0 Å². The van der Waals surface area contributed by atoms with Crippen molar-refractivity contribution in [3.63, 3.8) is 0 Å². The minimum absolute atomic E-state index is 0.437. The molecule has 2 rings (SSSR count). The quantitative estimate of drug-likeness (QED) is 0.606. The number of hydrogen-bond acceptors (Lipinski definition) is 3. The van der Waals surface area contributed by atoms with E-state index in [9.17, 15) is 9.11 Å². The van der Waals surface area contributed by atoms with Crippen LogP contribution in [0.25, 0.3) is 0 Å². The molecule has 2 aromatic carbocycles. The summed E-state index contributed by atoms with van der Waals surface area (Å²) in [7, 11) is -1.28. The van der Waals surface area contributed by atoms with Crippen LogP contribution in [-0.2, 0) is 31.9 Å². The van der Waals surface area contributed by atoms with E-state index in [1.54, 1.807) is 0 Å². The predicted molar refractivity (Wildman–Crippen MR) is 84.2 cm³/mol. The summed E-state index contributed by atoms with van der Waals surface area (Å²) in [5, 5.41) is 0. The molecule has 0 saturated heterocycles. The maximum atomic E-state index is 11.9. The van der Waals surface area contributed by atoms with Crippen molar-refractivity contribution in [1.82, 2.24) is 0 Å². The zero-order valence-electron chi connectivity index (χ0n) is 10.2. The van der Waals surface area contributed by atoms with Gasteiger partial charge in [0.2, 0.25) is 0 Å². The van der Waals surface area contributed by atoms with Gasteiger partial charge in [-0.3, -0.25) is 0 Å². The topological polar surface area (TPSA) is 46.1 Å². The van der Waals surface area contributed by atoms with Crippen LogP contribution in [0.3, 0.4) is 0 Å². The van der Waals surface area contributed by atoms with Gasteiger partial charge in [-0.2, -0.15) is 0 Å². The van der Waals surface area contributed by atoms with Crippen LogP contribution >= 0.6 is 9.83 Å². The van der Waals surface area contributed by atoms with Crippen LogP contribution in [0.15, 0.2) is 60.7 Å². The monoisotopic (exact) mass is 310 g/mol. The van der Waals surface area contributed by atoms with E-state index in [1.165, 1.54) is 0 Å². The Morgan fingerprint density at radius 3 is 1.42 bits per heavy atom. The predicted octanol–water partition coefficient (Wildman–Crippen LogP) is 3.45. The standard InChI is InChI=1S/C14H14O2S3/c15-18(11-13-7-3-1-4-8-13)17-19(16)12-14-9-5-2-6-10-14/h1-10H,11-12H2. The van der Waals surface area contributed by atoms with Gasteiger partial charge in [-0.05, 0) is 0 Å². The van der Waals surface area contributed by atoms with Gasteiger partial charge >= 0.3 is 9.83 Å². The molecule has 0 aliphatic rings. The molecule has 100 valence electrons. The van der Waals surface area contributed by atoms with E-state index < -0.39 is 20.4 Å². The second-order valence-corrected chi connectivity index (χ2v) is 9.73. The lowest BCUT2D eigenvalue weighted by Gasteiger charge is -2.10. The lowest BCUT2D eigenvalue weighted by molar-refractivity contribution is 0.606. The minimum Gasteiger partial charge on any atom is -0.601 e. The van der Waals surface area contributed by atoms with E-state index in [-0.39, 0.29) is 0 Å². The van der Waals surface area contributed by atoms with E-state index in [0.717, 1.165) is 21.0 Å². The van der Waals surface area contributed by atoms with Gasteiger partial charge in [0.1, 0.15) is 11.5 Å². The van der Waals surface area contributed by atoms with Gasteiger partial charge in [0.05, 0.1) is 20.4 Å². The first-order valence-corrected chi connectivity index (χ1v) is 10.3. The molecule has 0 spiro atoms. The third-order valence-corrected chi connectivity index (χ3v) is 8.20. The maximum Gasteiger partial charge on any atom is 0.341 e. The van der Waals surface area contributed by atoms with Crippen molar-refractivity contribution in [3.05, 3.63) is 71.8 Å². The molecule has 0 heterocycles. The summed E-state index contributed by atoms with van der Waals surface area (Å²) in [5.41, 5.74) is 2.01. The first kappa shape index (κ1) is 14.8. The number of rotatable bonds is 6. The molecule has 0 N–H and O–H groups in total. The van der Waals surface area contributed by atoms with E-state index >= 15 is 0 Å². The second kappa shape index (κ2) is 7.87. The summed E-state index contributed by atoms with van der Waals surface area (Å²) in [4.78, 5) is 0. The minimum atomic E-state index is -1.16. The highest BCUT2D eigenvalue weighted by Gasteiger charge is 2.22. The third kappa shape index (κ3) is 5.50. The first-order chi connectivity index (χ1) is 9.24. The molecule has 19 heavy (non-hydrogen) atoms. The molecule has 0 fully saturated rings. The van der Waals surface area contributed by atoms with Crippen LogP contribution in [-0.4, -0.2) is 9.11 Å². The highest BCUT2D eigenvalue weighted by Crippen LogP contribution is 2.27. The van der Waals surface area contributed by atoms with Gasteiger partial charge in [-0.15, -0.1) is 0 Å². The zero-order valence-corrected chi connectivity index (χ0v) is 12.7. The Labute approximate surface area is 122 Å².